The summed E-state index contributed by atoms with van der Waals surface area (Å²) in [5.41, 5.74) is 1.20. The molecule has 2 heterocycles. The van der Waals surface area contributed by atoms with Crippen LogP contribution in [0, 0.1) is 5.92 Å². The van der Waals surface area contributed by atoms with Crippen LogP contribution < -0.4 is 5.32 Å². The summed E-state index contributed by atoms with van der Waals surface area (Å²) in [6.45, 7) is 1.45. The van der Waals surface area contributed by atoms with Gasteiger partial charge < -0.3 is 5.32 Å². The zero-order chi connectivity index (χ0) is 9.10. The van der Waals surface area contributed by atoms with E-state index in [4.69, 9.17) is 0 Å². The lowest BCUT2D eigenvalue weighted by atomic mass is 9.91. The molecule has 1 aliphatic heterocycles. The van der Waals surface area contributed by atoms with Gasteiger partial charge in [0.25, 0.3) is 0 Å². The van der Waals surface area contributed by atoms with Crippen LogP contribution >= 0.6 is 0 Å². The highest BCUT2D eigenvalue weighted by atomic mass is 19.1. The Labute approximate surface area is 77.2 Å². The van der Waals surface area contributed by atoms with Crippen molar-refractivity contribution in [2.45, 2.75) is 5.92 Å². The van der Waals surface area contributed by atoms with Crippen molar-refractivity contribution >= 4 is 0 Å². The molecule has 0 aromatic carbocycles. The van der Waals surface area contributed by atoms with Gasteiger partial charge >= 0.3 is 0 Å². The minimum absolute atomic E-state index is 0.141. The van der Waals surface area contributed by atoms with E-state index in [0.717, 1.165) is 13.1 Å². The van der Waals surface area contributed by atoms with Crippen molar-refractivity contribution in [1.82, 2.24) is 10.3 Å². The zero-order valence-corrected chi connectivity index (χ0v) is 7.41. The Bertz CT molecular complexity index is 263. The van der Waals surface area contributed by atoms with E-state index in [2.05, 4.69) is 10.3 Å². The Morgan fingerprint density at radius 1 is 1.38 bits per heavy atom. The quantitative estimate of drug-likeness (QED) is 0.743. The Kier molecular flexibility index (Phi) is 2.54. The molecule has 0 amide bonds. The molecule has 2 nitrogen and oxygen atoms in total. The first kappa shape index (κ1) is 8.63. The third kappa shape index (κ3) is 1.70. The summed E-state index contributed by atoms with van der Waals surface area (Å²) in [5, 5.41) is 3.21. The van der Waals surface area contributed by atoms with Gasteiger partial charge in [0.05, 0.1) is 6.67 Å². The maximum Gasteiger partial charge on any atom is 0.0941 e. The molecular formula is C10H13FN2. The largest absolute Gasteiger partial charge is 0.316 e. The molecule has 3 heteroatoms. The van der Waals surface area contributed by atoms with Crippen LogP contribution in [0.25, 0.3) is 0 Å². The number of nitrogens with zero attached hydrogens (tertiary/aromatic N) is 1. The molecule has 13 heavy (non-hydrogen) atoms. The third-order valence-electron chi connectivity index (χ3n) is 2.67. The van der Waals surface area contributed by atoms with Gasteiger partial charge in [0.2, 0.25) is 0 Å². The molecule has 1 N–H and O–H groups in total. The summed E-state index contributed by atoms with van der Waals surface area (Å²) in [7, 11) is 0. The summed E-state index contributed by atoms with van der Waals surface area (Å²) < 4.78 is 12.6. The summed E-state index contributed by atoms with van der Waals surface area (Å²) in [4.78, 5) is 3.95. The number of halogens is 1. The molecule has 2 unspecified atom stereocenters. The highest BCUT2D eigenvalue weighted by Gasteiger charge is 2.27. The van der Waals surface area contributed by atoms with Crippen LogP contribution in [0.4, 0.5) is 4.39 Å². The first-order chi connectivity index (χ1) is 6.42. The van der Waals surface area contributed by atoms with E-state index in [9.17, 15) is 4.39 Å². The summed E-state index contributed by atoms with van der Waals surface area (Å²) in [6.07, 6.45) is 3.53. The first-order valence-corrected chi connectivity index (χ1v) is 4.58. The molecule has 0 radical (unpaired) electrons. The molecule has 0 aliphatic carbocycles. The predicted molar refractivity (Wildman–Crippen MR) is 49.3 cm³/mol. The van der Waals surface area contributed by atoms with Crippen LogP contribution in [0.5, 0.6) is 0 Å². The van der Waals surface area contributed by atoms with Gasteiger partial charge in [-0.15, -0.1) is 0 Å². The fourth-order valence-electron chi connectivity index (χ4n) is 1.90. The normalized spacial score (nSPS) is 27.8. The molecule has 0 bridgehead atoms. The van der Waals surface area contributed by atoms with E-state index in [0.29, 0.717) is 5.92 Å². The van der Waals surface area contributed by atoms with Crippen LogP contribution in [-0.4, -0.2) is 24.7 Å². The van der Waals surface area contributed by atoms with Crippen molar-refractivity contribution in [3.63, 3.8) is 0 Å². The lowest BCUT2D eigenvalue weighted by Crippen LogP contribution is -2.12. The van der Waals surface area contributed by atoms with Gasteiger partial charge in [-0.25, -0.2) is 0 Å². The van der Waals surface area contributed by atoms with Crippen molar-refractivity contribution in [2.75, 3.05) is 19.8 Å². The second-order valence-corrected chi connectivity index (χ2v) is 3.46. The maximum absolute atomic E-state index is 12.6. The number of rotatable bonds is 2. The number of nitrogens with one attached hydrogen (secondary N) is 1. The van der Waals surface area contributed by atoms with Gasteiger partial charge in [-0.05, 0) is 17.7 Å². The summed E-state index contributed by atoms with van der Waals surface area (Å²) in [5.74, 6) is 0.468. The molecular weight excluding hydrogens is 167 g/mol. The Hall–Kier alpha value is -0.960. The van der Waals surface area contributed by atoms with E-state index in [1.54, 1.807) is 12.4 Å². The van der Waals surface area contributed by atoms with Gasteiger partial charge in [-0.2, -0.15) is 0 Å². The van der Waals surface area contributed by atoms with E-state index in [1.165, 1.54) is 5.56 Å². The molecule has 1 fully saturated rings. The molecule has 1 aromatic heterocycles. The average molecular weight is 180 g/mol. The molecule has 1 saturated heterocycles. The summed E-state index contributed by atoms with van der Waals surface area (Å²) in [6, 6.07) is 3.95. The smallest absolute Gasteiger partial charge is 0.0941 e. The molecule has 1 aromatic rings. The van der Waals surface area contributed by atoms with Gasteiger partial charge in [-0.3, -0.25) is 9.37 Å². The highest BCUT2D eigenvalue weighted by Crippen LogP contribution is 2.27. The SMILES string of the molecule is FCC1CNCC1c1ccncc1. The number of alkyl halides is 1. The van der Waals surface area contributed by atoms with Gasteiger partial charge in [-0.1, -0.05) is 0 Å². The van der Waals surface area contributed by atoms with Gasteiger partial charge in [0, 0.05) is 37.3 Å². The van der Waals surface area contributed by atoms with E-state index >= 15 is 0 Å². The van der Waals surface area contributed by atoms with Crippen LogP contribution in [0.15, 0.2) is 24.5 Å². The van der Waals surface area contributed by atoms with Crippen molar-refractivity contribution in [3.05, 3.63) is 30.1 Å². The third-order valence-corrected chi connectivity index (χ3v) is 2.67. The van der Waals surface area contributed by atoms with E-state index in [-0.39, 0.29) is 12.6 Å². The highest BCUT2D eigenvalue weighted by molar-refractivity contribution is 5.19. The van der Waals surface area contributed by atoms with E-state index in [1.807, 2.05) is 12.1 Å². The van der Waals surface area contributed by atoms with Crippen LogP contribution in [0.1, 0.15) is 11.5 Å². The van der Waals surface area contributed by atoms with Crippen molar-refractivity contribution < 1.29 is 4.39 Å². The minimum Gasteiger partial charge on any atom is -0.316 e. The Balaban J connectivity index is 2.16. The molecule has 70 valence electrons. The Morgan fingerprint density at radius 3 is 2.85 bits per heavy atom. The summed E-state index contributed by atoms with van der Waals surface area (Å²) >= 11 is 0. The van der Waals surface area contributed by atoms with Crippen molar-refractivity contribution in [2.24, 2.45) is 5.92 Å². The van der Waals surface area contributed by atoms with Crippen molar-refractivity contribution in [3.8, 4) is 0 Å². The Morgan fingerprint density at radius 2 is 2.15 bits per heavy atom. The second kappa shape index (κ2) is 3.83. The zero-order valence-electron chi connectivity index (χ0n) is 7.41. The average Bonchev–Trinajstić information content (AvgIpc) is 2.67. The number of pyridine rings is 1. The fourth-order valence-corrected chi connectivity index (χ4v) is 1.90. The minimum atomic E-state index is -0.236. The number of hydrogen-bond acceptors (Lipinski definition) is 2. The maximum atomic E-state index is 12.6. The molecule has 2 atom stereocenters. The van der Waals surface area contributed by atoms with Crippen molar-refractivity contribution in [1.29, 1.82) is 0 Å². The van der Waals surface area contributed by atoms with Crippen LogP contribution in [0.2, 0.25) is 0 Å². The van der Waals surface area contributed by atoms with Gasteiger partial charge in [0.15, 0.2) is 0 Å². The molecule has 0 spiro atoms. The number of aromatic nitrogens is 1. The first-order valence-electron chi connectivity index (χ1n) is 4.58. The topological polar surface area (TPSA) is 24.9 Å². The molecule has 1 aliphatic rings. The molecule has 2 rings (SSSR count). The molecule has 0 saturated carbocycles. The van der Waals surface area contributed by atoms with Crippen LogP contribution in [-0.2, 0) is 0 Å². The predicted octanol–water partition coefficient (Wildman–Crippen LogP) is 1.35. The second-order valence-electron chi connectivity index (χ2n) is 3.46. The van der Waals surface area contributed by atoms with Gasteiger partial charge in [0.1, 0.15) is 0 Å². The van der Waals surface area contributed by atoms with Crippen LogP contribution in [0.3, 0.4) is 0 Å². The lowest BCUT2D eigenvalue weighted by Gasteiger charge is -2.14. The van der Waals surface area contributed by atoms with E-state index < -0.39 is 0 Å². The monoisotopic (exact) mass is 180 g/mol. The number of hydrogen-bond donors (Lipinski definition) is 1. The fraction of sp³-hybridized carbons (Fsp3) is 0.500. The lowest BCUT2D eigenvalue weighted by molar-refractivity contribution is 0.358. The standard InChI is InChI=1S/C10H13FN2/c11-5-9-6-13-7-10(9)8-1-3-12-4-2-8/h1-4,9-10,13H,5-7H2.